The summed E-state index contributed by atoms with van der Waals surface area (Å²) in [7, 11) is 0. The molecule has 0 aliphatic heterocycles. The molecule has 1 heterocycles. The number of amides is 2. The molecule has 1 atom stereocenters. The molecule has 0 saturated carbocycles. The minimum atomic E-state index is -4.93. The van der Waals surface area contributed by atoms with Crippen LogP contribution < -0.4 is 10.9 Å². The Labute approximate surface area is 110 Å². The Kier molecular flexibility index (Phi) is 4.53. The summed E-state index contributed by atoms with van der Waals surface area (Å²) in [4.78, 5) is 22.9. The van der Waals surface area contributed by atoms with E-state index < -0.39 is 30.0 Å². The van der Waals surface area contributed by atoms with Gasteiger partial charge in [0.1, 0.15) is 0 Å². The van der Waals surface area contributed by atoms with Gasteiger partial charge in [0.2, 0.25) is 5.91 Å². The Morgan fingerprint density at radius 1 is 1.37 bits per heavy atom. The Balaban J connectivity index is 2.47. The van der Waals surface area contributed by atoms with Gasteiger partial charge in [-0.15, -0.1) is 11.3 Å². The van der Waals surface area contributed by atoms with Crippen molar-refractivity contribution in [3.63, 3.8) is 0 Å². The zero-order valence-corrected chi connectivity index (χ0v) is 10.6. The number of nitrogens with one attached hydrogen (secondary N) is 2. The average molecular weight is 296 g/mol. The van der Waals surface area contributed by atoms with Crippen LogP contribution in [-0.2, 0) is 4.79 Å². The highest BCUT2D eigenvalue weighted by molar-refractivity contribution is 7.12. The van der Waals surface area contributed by atoms with Gasteiger partial charge in [0, 0.05) is 0 Å². The Morgan fingerprint density at radius 3 is 2.47 bits per heavy atom. The SMILES string of the molecule is C[C@@](O)(CC(=O)NNC(=O)c1cccs1)C(F)(F)F. The van der Waals surface area contributed by atoms with Crippen LogP contribution in [0, 0.1) is 0 Å². The molecule has 0 fully saturated rings. The molecule has 19 heavy (non-hydrogen) atoms. The molecule has 0 bridgehead atoms. The number of carbonyl (C=O) groups is 2. The highest BCUT2D eigenvalue weighted by Crippen LogP contribution is 2.32. The zero-order valence-electron chi connectivity index (χ0n) is 9.75. The first-order valence-electron chi connectivity index (χ1n) is 5.05. The molecular formula is C10H11F3N2O3S. The minimum absolute atomic E-state index is 0.294. The van der Waals surface area contributed by atoms with Crippen molar-refractivity contribution in [3.8, 4) is 0 Å². The molecule has 5 nitrogen and oxygen atoms in total. The fraction of sp³-hybridized carbons (Fsp3) is 0.400. The van der Waals surface area contributed by atoms with E-state index in [4.69, 9.17) is 5.11 Å². The second-order valence-electron chi connectivity index (χ2n) is 3.93. The number of thiophene rings is 1. The Hall–Kier alpha value is -1.61. The first-order valence-corrected chi connectivity index (χ1v) is 5.93. The predicted octanol–water partition coefficient (Wildman–Crippen LogP) is 1.21. The third-order valence-electron chi connectivity index (χ3n) is 2.18. The number of rotatable bonds is 3. The first kappa shape index (κ1) is 15.4. The summed E-state index contributed by atoms with van der Waals surface area (Å²) in [5.74, 6) is -1.79. The monoisotopic (exact) mass is 296 g/mol. The van der Waals surface area contributed by atoms with Crippen LogP contribution in [0.25, 0.3) is 0 Å². The molecule has 3 N–H and O–H groups in total. The second kappa shape index (κ2) is 5.57. The maximum absolute atomic E-state index is 12.3. The van der Waals surface area contributed by atoms with Crippen molar-refractivity contribution in [1.82, 2.24) is 10.9 Å². The zero-order chi connectivity index (χ0) is 14.7. The van der Waals surface area contributed by atoms with Crippen molar-refractivity contribution in [2.75, 3.05) is 0 Å². The van der Waals surface area contributed by atoms with Crippen LogP contribution in [-0.4, -0.2) is 28.7 Å². The maximum atomic E-state index is 12.3. The van der Waals surface area contributed by atoms with Gasteiger partial charge in [-0.2, -0.15) is 13.2 Å². The molecule has 106 valence electrons. The van der Waals surface area contributed by atoms with Gasteiger partial charge in [0.15, 0.2) is 5.60 Å². The minimum Gasteiger partial charge on any atom is -0.380 e. The second-order valence-corrected chi connectivity index (χ2v) is 4.88. The van der Waals surface area contributed by atoms with Crippen LogP contribution in [0.4, 0.5) is 13.2 Å². The van der Waals surface area contributed by atoms with E-state index in [-0.39, 0.29) is 0 Å². The van der Waals surface area contributed by atoms with Crippen molar-refractivity contribution in [1.29, 1.82) is 0 Å². The number of hydrogen-bond acceptors (Lipinski definition) is 4. The van der Waals surface area contributed by atoms with Gasteiger partial charge in [-0.05, 0) is 18.4 Å². The van der Waals surface area contributed by atoms with Gasteiger partial charge in [0.25, 0.3) is 5.91 Å². The molecule has 1 aromatic heterocycles. The number of alkyl halides is 3. The number of hydrazine groups is 1. The van der Waals surface area contributed by atoms with E-state index in [1.807, 2.05) is 10.9 Å². The fourth-order valence-corrected chi connectivity index (χ4v) is 1.67. The highest BCUT2D eigenvalue weighted by Gasteiger charge is 2.51. The quantitative estimate of drug-likeness (QED) is 0.734. The van der Waals surface area contributed by atoms with Crippen molar-refractivity contribution in [2.24, 2.45) is 0 Å². The molecule has 0 spiro atoms. The topological polar surface area (TPSA) is 78.4 Å². The summed E-state index contributed by atoms with van der Waals surface area (Å²) in [6.07, 6.45) is -6.14. The van der Waals surface area contributed by atoms with Crippen molar-refractivity contribution in [3.05, 3.63) is 22.4 Å². The summed E-state index contributed by atoms with van der Waals surface area (Å²) in [6, 6.07) is 3.09. The number of aliphatic hydroxyl groups is 1. The fourth-order valence-electron chi connectivity index (χ4n) is 1.05. The summed E-state index contributed by atoms with van der Waals surface area (Å²) < 4.78 is 36.9. The van der Waals surface area contributed by atoms with Gasteiger partial charge in [0.05, 0.1) is 11.3 Å². The van der Waals surface area contributed by atoms with E-state index in [0.29, 0.717) is 11.8 Å². The lowest BCUT2D eigenvalue weighted by atomic mass is 10.0. The van der Waals surface area contributed by atoms with Gasteiger partial charge < -0.3 is 5.11 Å². The average Bonchev–Trinajstić information content (AvgIpc) is 2.77. The van der Waals surface area contributed by atoms with Crippen LogP contribution in [0.2, 0.25) is 0 Å². The molecule has 0 saturated heterocycles. The van der Waals surface area contributed by atoms with Gasteiger partial charge in [-0.1, -0.05) is 6.07 Å². The van der Waals surface area contributed by atoms with Gasteiger partial charge in [-0.3, -0.25) is 20.4 Å². The number of halogens is 3. The molecule has 0 aliphatic carbocycles. The van der Waals surface area contributed by atoms with Crippen LogP contribution in [0.1, 0.15) is 23.0 Å². The van der Waals surface area contributed by atoms with Crippen LogP contribution in [0.3, 0.4) is 0 Å². The lowest BCUT2D eigenvalue weighted by molar-refractivity contribution is -0.253. The maximum Gasteiger partial charge on any atom is 0.417 e. The van der Waals surface area contributed by atoms with Crippen LogP contribution >= 0.6 is 11.3 Å². The lowest BCUT2D eigenvalue weighted by Gasteiger charge is -2.25. The first-order chi connectivity index (χ1) is 8.63. The normalized spacial score (nSPS) is 14.6. The standard InChI is InChI=1S/C10H11F3N2O3S/c1-9(18,10(11,12)13)5-7(16)14-15-8(17)6-3-2-4-19-6/h2-4,18H,5H2,1H3,(H,14,16)(H,15,17)/t9-/m1/s1. The van der Waals surface area contributed by atoms with Crippen LogP contribution in [0.5, 0.6) is 0 Å². The van der Waals surface area contributed by atoms with E-state index in [0.717, 1.165) is 11.3 Å². The smallest absolute Gasteiger partial charge is 0.380 e. The molecule has 0 unspecified atom stereocenters. The van der Waals surface area contributed by atoms with Crippen molar-refractivity contribution < 1.29 is 27.9 Å². The lowest BCUT2D eigenvalue weighted by Crippen LogP contribution is -2.49. The molecule has 0 aromatic carbocycles. The van der Waals surface area contributed by atoms with E-state index in [9.17, 15) is 22.8 Å². The predicted molar refractivity (Wildman–Crippen MR) is 61.2 cm³/mol. The van der Waals surface area contributed by atoms with Gasteiger partial charge >= 0.3 is 6.18 Å². The van der Waals surface area contributed by atoms with E-state index in [2.05, 4.69) is 0 Å². The van der Waals surface area contributed by atoms with E-state index >= 15 is 0 Å². The summed E-state index contributed by atoms with van der Waals surface area (Å²) in [6.45, 7) is 0.480. The number of carbonyl (C=O) groups excluding carboxylic acids is 2. The Morgan fingerprint density at radius 2 is 2.00 bits per heavy atom. The molecule has 0 radical (unpaired) electrons. The van der Waals surface area contributed by atoms with Crippen molar-refractivity contribution in [2.45, 2.75) is 25.1 Å². The largest absolute Gasteiger partial charge is 0.417 e. The molecule has 1 rings (SSSR count). The highest BCUT2D eigenvalue weighted by atomic mass is 32.1. The summed E-state index contributed by atoms with van der Waals surface area (Å²) in [5.41, 5.74) is 0.611. The molecular weight excluding hydrogens is 285 g/mol. The van der Waals surface area contributed by atoms with E-state index in [1.165, 1.54) is 6.07 Å². The summed E-state index contributed by atoms with van der Waals surface area (Å²) >= 11 is 1.11. The number of hydrogen-bond donors (Lipinski definition) is 3. The Bertz CT molecular complexity index is 457. The van der Waals surface area contributed by atoms with Gasteiger partial charge in [-0.25, -0.2) is 0 Å². The van der Waals surface area contributed by atoms with Crippen LogP contribution in [0.15, 0.2) is 17.5 Å². The summed E-state index contributed by atoms with van der Waals surface area (Å²) in [5, 5.41) is 10.7. The third-order valence-corrected chi connectivity index (χ3v) is 3.04. The third kappa shape index (κ3) is 4.21. The molecule has 0 aliphatic rings. The van der Waals surface area contributed by atoms with E-state index in [1.54, 1.807) is 11.4 Å². The molecule has 2 amide bonds. The molecule has 1 aromatic rings. The molecule has 9 heteroatoms. The van der Waals surface area contributed by atoms with Crippen molar-refractivity contribution >= 4 is 23.2 Å².